The number of hydrogen-bond acceptors (Lipinski definition) is 11. The summed E-state index contributed by atoms with van der Waals surface area (Å²) in [5, 5.41) is 26.7. The van der Waals surface area contributed by atoms with E-state index in [0.717, 1.165) is 0 Å². The molecular weight excluding hydrogens is 408 g/mol. The van der Waals surface area contributed by atoms with Gasteiger partial charge in [0.25, 0.3) is 0 Å². The molecule has 3 heterocycles. The fraction of sp³-hybridized carbons (Fsp3) is 0.545. The largest absolute Gasteiger partial charge is 0.397 e. The van der Waals surface area contributed by atoms with Gasteiger partial charge in [-0.3, -0.25) is 13.7 Å². The summed E-state index contributed by atoms with van der Waals surface area (Å²) in [5.74, 6) is 0.0449. The fourth-order valence-electron chi connectivity index (χ4n) is 2.55. The second-order valence-corrected chi connectivity index (χ2v) is 8.49. The predicted molar refractivity (Wildman–Crippen MR) is 86.2 cm³/mol. The van der Waals surface area contributed by atoms with E-state index in [0.29, 0.717) is 0 Å². The quantitative estimate of drug-likeness (QED) is 0.221. The van der Waals surface area contributed by atoms with Crippen LogP contribution in [0.3, 0.4) is 0 Å². The van der Waals surface area contributed by atoms with Crippen LogP contribution < -0.4 is 5.73 Å². The number of nitrogen functional groups attached to an aromatic ring is 1. The van der Waals surface area contributed by atoms with Gasteiger partial charge in [-0.2, -0.15) is 0 Å². The number of aliphatic hydroxyl groups excluding tert-OH is 2. The number of imidazole rings is 1. The molecule has 5 atom stereocenters. The van der Waals surface area contributed by atoms with Crippen molar-refractivity contribution in [2.24, 2.45) is 0 Å². The SMILES string of the molecule is Nc1ncnc2ncn(C3OC(COC(O)(P=O)P(=O)(O)O)C(O)C3O)c12. The molecular formula is C11H15N5O9P2. The summed E-state index contributed by atoms with van der Waals surface area (Å²) in [5.41, 5.74) is 6.23. The van der Waals surface area contributed by atoms with Crippen molar-refractivity contribution in [3.8, 4) is 0 Å². The maximum absolute atomic E-state index is 11.2. The molecule has 1 aliphatic heterocycles. The molecule has 0 radical (unpaired) electrons. The first-order chi connectivity index (χ1) is 12.6. The maximum atomic E-state index is 11.2. The van der Waals surface area contributed by atoms with Gasteiger partial charge in [-0.15, -0.1) is 0 Å². The van der Waals surface area contributed by atoms with Gasteiger partial charge < -0.3 is 40.3 Å². The number of nitrogens with zero attached hydrogens (tertiary/aromatic N) is 4. The summed E-state index contributed by atoms with van der Waals surface area (Å²) < 4.78 is 33.4. The summed E-state index contributed by atoms with van der Waals surface area (Å²) in [7, 11) is -6.71. The van der Waals surface area contributed by atoms with Crippen LogP contribution in [0, 0.1) is 0 Å². The van der Waals surface area contributed by atoms with Crippen molar-refractivity contribution >= 4 is 33.0 Å². The molecule has 5 unspecified atom stereocenters. The molecule has 2 aromatic rings. The van der Waals surface area contributed by atoms with Crippen LogP contribution in [0.15, 0.2) is 12.7 Å². The Hall–Kier alpha value is -1.60. The number of anilines is 1. The summed E-state index contributed by atoms with van der Waals surface area (Å²) in [4.78, 5) is 29.7. The highest BCUT2D eigenvalue weighted by atomic mass is 31.2. The summed E-state index contributed by atoms with van der Waals surface area (Å²) in [6.45, 7) is -0.788. The second kappa shape index (κ2) is 7.09. The van der Waals surface area contributed by atoms with Crippen LogP contribution in [-0.2, 0) is 18.6 Å². The Morgan fingerprint density at radius 3 is 2.67 bits per heavy atom. The van der Waals surface area contributed by atoms with Crippen molar-refractivity contribution in [2.45, 2.75) is 29.8 Å². The molecule has 3 rings (SSSR count). The van der Waals surface area contributed by atoms with Crippen molar-refractivity contribution in [2.75, 3.05) is 12.3 Å². The minimum absolute atomic E-state index is 0.0449. The van der Waals surface area contributed by atoms with Crippen LogP contribution in [0.2, 0.25) is 0 Å². The Morgan fingerprint density at radius 1 is 1.33 bits per heavy atom. The monoisotopic (exact) mass is 423 g/mol. The predicted octanol–water partition coefficient (Wildman–Crippen LogP) is -1.88. The zero-order chi connectivity index (χ0) is 20.0. The zero-order valence-electron chi connectivity index (χ0n) is 13.3. The van der Waals surface area contributed by atoms with Crippen LogP contribution >= 0.6 is 16.1 Å². The smallest absolute Gasteiger partial charge is 0.387 e. The van der Waals surface area contributed by atoms with Gasteiger partial charge in [0, 0.05) is 0 Å². The molecule has 27 heavy (non-hydrogen) atoms. The van der Waals surface area contributed by atoms with Crippen LogP contribution in [0.4, 0.5) is 5.82 Å². The highest BCUT2D eigenvalue weighted by Gasteiger charge is 2.51. The second-order valence-electron chi connectivity index (χ2n) is 5.65. The van der Waals surface area contributed by atoms with Gasteiger partial charge in [-0.05, 0) is 0 Å². The summed E-state index contributed by atoms with van der Waals surface area (Å²) in [6.07, 6.45) is -3.17. The van der Waals surface area contributed by atoms with Gasteiger partial charge in [-0.25, -0.2) is 15.0 Å². The average Bonchev–Trinajstić information content (AvgIpc) is 3.15. The van der Waals surface area contributed by atoms with Crippen LogP contribution in [0.5, 0.6) is 0 Å². The van der Waals surface area contributed by atoms with E-state index in [2.05, 4.69) is 19.7 Å². The van der Waals surface area contributed by atoms with Gasteiger partial charge >= 0.3 is 12.9 Å². The lowest BCUT2D eigenvalue weighted by molar-refractivity contribution is -0.135. The molecule has 0 aliphatic carbocycles. The Kier molecular flexibility index (Phi) is 5.29. The summed E-state index contributed by atoms with van der Waals surface area (Å²) in [6, 6.07) is 0. The number of hydrogen-bond donors (Lipinski definition) is 6. The molecule has 0 amide bonds. The molecule has 0 aromatic carbocycles. The first-order valence-electron chi connectivity index (χ1n) is 7.30. The number of nitrogens with two attached hydrogens (primary N) is 1. The van der Waals surface area contributed by atoms with E-state index in [1.807, 2.05) is 0 Å². The van der Waals surface area contributed by atoms with E-state index in [-0.39, 0.29) is 17.0 Å². The Labute approximate surface area is 151 Å². The average molecular weight is 423 g/mol. The molecule has 0 spiro atoms. The number of aromatic nitrogens is 4. The van der Waals surface area contributed by atoms with E-state index in [1.54, 1.807) is 0 Å². The topological polar surface area (TPSA) is 223 Å². The lowest BCUT2D eigenvalue weighted by Crippen LogP contribution is -2.37. The normalized spacial score (nSPS) is 28.6. The van der Waals surface area contributed by atoms with Crippen molar-refractivity contribution in [3.63, 3.8) is 0 Å². The number of ether oxygens (including phenoxy) is 2. The molecule has 1 fully saturated rings. The minimum atomic E-state index is -5.32. The molecule has 1 aliphatic rings. The van der Waals surface area contributed by atoms with E-state index in [4.69, 9.17) is 20.3 Å². The first-order valence-corrected chi connectivity index (χ1v) is 9.72. The fourth-order valence-corrected chi connectivity index (χ4v) is 3.34. The maximum Gasteiger partial charge on any atom is 0.397 e. The van der Waals surface area contributed by atoms with Crippen LogP contribution in [0.25, 0.3) is 11.2 Å². The lowest BCUT2D eigenvalue weighted by atomic mass is 10.1. The minimum Gasteiger partial charge on any atom is -0.387 e. The van der Waals surface area contributed by atoms with Gasteiger partial charge in [-0.1, -0.05) is 0 Å². The van der Waals surface area contributed by atoms with Gasteiger partial charge in [0.05, 0.1) is 6.61 Å². The van der Waals surface area contributed by atoms with Crippen molar-refractivity contribution in [1.29, 1.82) is 0 Å². The highest BCUT2D eigenvalue weighted by molar-refractivity contribution is 7.62. The number of fused-ring (bicyclic) bond motifs is 1. The molecule has 16 heteroatoms. The summed E-state index contributed by atoms with van der Waals surface area (Å²) >= 11 is 0. The Bertz CT molecular complexity index is 905. The van der Waals surface area contributed by atoms with Gasteiger partial charge in [0.2, 0.25) is 8.46 Å². The van der Waals surface area contributed by atoms with E-state index < -0.39 is 52.5 Å². The van der Waals surface area contributed by atoms with Crippen LogP contribution in [0.1, 0.15) is 6.23 Å². The molecule has 2 aromatic heterocycles. The number of aliphatic hydroxyl groups is 3. The van der Waals surface area contributed by atoms with Crippen molar-refractivity contribution in [1.82, 2.24) is 19.5 Å². The van der Waals surface area contributed by atoms with Crippen LogP contribution in [-0.4, -0.2) is 74.8 Å². The molecule has 14 nitrogen and oxygen atoms in total. The Balaban J connectivity index is 1.82. The third kappa shape index (κ3) is 3.47. The molecule has 1 saturated heterocycles. The van der Waals surface area contributed by atoms with E-state index >= 15 is 0 Å². The van der Waals surface area contributed by atoms with E-state index in [1.165, 1.54) is 17.2 Å². The molecule has 148 valence electrons. The molecule has 7 N–H and O–H groups in total. The standard InChI is InChI=1S/C11H15N5O9P2/c12-8-5-9(14-2-13-8)15-3-16(5)10-7(18)6(17)4(25-10)1-24-11(19,26-20)27(21,22)23/h2-4,6-7,10,17-19H,1H2,(H2,12,13,14)(H2,21,22,23). The third-order valence-electron chi connectivity index (χ3n) is 3.94. The zero-order valence-corrected chi connectivity index (χ0v) is 15.1. The first kappa shape index (κ1) is 20.1. The van der Waals surface area contributed by atoms with Gasteiger partial charge in [0.1, 0.15) is 36.5 Å². The highest BCUT2D eigenvalue weighted by Crippen LogP contribution is 2.55. The molecule has 0 saturated carbocycles. The van der Waals surface area contributed by atoms with Crippen molar-refractivity contribution in [3.05, 3.63) is 12.7 Å². The van der Waals surface area contributed by atoms with E-state index in [9.17, 15) is 24.4 Å². The van der Waals surface area contributed by atoms with Crippen molar-refractivity contribution < 1.29 is 43.7 Å². The molecule has 0 bridgehead atoms. The lowest BCUT2D eigenvalue weighted by Gasteiger charge is -2.24. The van der Waals surface area contributed by atoms with Gasteiger partial charge in [0.15, 0.2) is 17.7 Å². The Morgan fingerprint density at radius 2 is 2.04 bits per heavy atom. The third-order valence-corrected chi connectivity index (χ3v) is 6.23. The number of rotatable bonds is 6.